The predicted octanol–water partition coefficient (Wildman–Crippen LogP) is 3.50. The van der Waals surface area contributed by atoms with Crippen molar-refractivity contribution in [1.82, 2.24) is 10.6 Å². The maximum absolute atomic E-state index is 13.7. The van der Waals surface area contributed by atoms with E-state index in [1.54, 1.807) is 19.2 Å². The van der Waals surface area contributed by atoms with Gasteiger partial charge in [0.25, 0.3) is 0 Å². The van der Waals surface area contributed by atoms with Gasteiger partial charge in [0.1, 0.15) is 5.82 Å². The molecule has 0 saturated carbocycles. The highest BCUT2D eigenvalue weighted by Crippen LogP contribution is 2.15. The minimum Gasteiger partial charge on any atom is -0.379 e. The van der Waals surface area contributed by atoms with Gasteiger partial charge in [-0.2, -0.15) is 0 Å². The Bertz CT molecular complexity index is 557. The Hall–Kier alpha value is -0.450. The third kappa shape index (κ3) is 8.96. The smallest absolute Gasteiger partial charge is 0.190 e. The summed E-state index contributed by atoms with van der Waals surface area (Å²) in [5.74, 6) is 0.533. The van der Waals surface area contributed by atoms with E-state index in [4.69, 9.17) is 9.47 Å². The van der Waals surface area contributed by atoms with Crippen molar-refractivity contribution in [3.05, 3.63) is 34.1 Å². The lowest BCUT2D eigenvalue weighted by Crippen LogP contribution is -2.39. The van der Waals surface area contributed by atoms with Gasteiger partial charge in [0.2, 0.25) is 0 Å². The van der Waals surface area contributed by atoms with Crippen molar-refractivity contribution >= 4 is 45.9 Å². The average Bonchev–Trinajstić information content (AvgIpc) is 3.12. The van der Waals surface area contributed by atoms with Crippen LogP contribution in [0.25, 0.3) is 0 Å². The van der Waals surface area contributed by atoms with Crippen LogP contribution in [-0.2, 0) is 15.9 Å². The van der Waals surface area contributed by atoms with Crippen LogP contribution in [0.2, 0.25) is 0 Å². The lowest BCUT2D eigenvalue weighted by molar-refractivity contribution is 0.0168. The fraction of sp³-hybridized carbons (Fsp3) is 0.611. The Morgan fingerprint density at radius 1 is 1.38 bits per heavy atom. The van der Waals surface area contributed by atoms with Crippen LogP contribution in [0.3, 0.4) is 0 Å². The summed E-state index contributed by atoms with van der Waals surface area (Å²) in [7, 11) is 1.73. The molecule has 26 heavy (non-hydrogen) atoms. The molecule has 1 saturated heterocycles. The van der Waals surface area contributed by atoms with Gasteiger partial charge < -0.3 is 20.1 Å². The Labute approximate surface area is 180 Å². The van der Waals surface area contributed by atoms with E-state index in [1.165, 1.54) is 6.07 Å². The van der Waals surface area contributed by atoms with Crippen LogP contribution in [0.15, 0.2) is 27.7 Å². The molecular formula is C18H28BrFIN3O2. The third-order valence-electron chi connectivity index (χ3n) is 4.00. The number of ether oxygens (including phenoxy) is 2. The van der Waals surface area contributed by atoms with Gasteiger partial charge in [-0.15, -0.1) is 24.0 Å². The van der Waals surface area contributed by atoms with Crippen LogP contribution in [0.4, 0.5) is 4.39 Å². The Morgan fingerprint density at radius 2 is 2.19 bits per heavy atom. The summed E-state index contributed by atoms with van der Waals surface area (Å²) in [6, 6.07) is 4.98. The van der Waals surface area contributed by atoms with E-state index in [0.717, 1.165) is 42.8 Å². The molecule has 148 valence electrons. The summed E-state index contributed by atoms with van der Waals surface area (Å²) >= 11 is 3.36. The molecule has 0 aliphatic carbocycles. The summed E-state index contributed by atoms with van der Waals surface area (Å²) < 4.78 is 25.7. The predicted molar refractivity (Wildman–Crippen MR) is 117 cm³/mol. The molecule has 0 amide bonds. The number of guanidine groups is 1. The number of nitrogens with zero attached hydrogens (tertiary/aromatic N) is 1. The Balaban J connectivity index is 0.00000338. The molecule has 2 N–H and O–H groups in total. The van der Waals surface area contributed by atoms with E-state index in [-0.39, 0.29) is 35.9 Å². The van der Waals surface area contributed by atoms with Gasteiger partial charge in [-0.3, -0.25) is 4.99 Å². The number of hydrogen-bond acceptors (Lipinski definition) is 3. The van der Waals surface area contributed by atoms with Crippen molar-refractivity contribution in [3.63, 3.8) is 0 Å². The number of hydrogen-bond donors (Lipinski definition) is 2. The van der Waals surface area contributed by atoms with Gasteiger partial charge >= 0.3 is 0 Å². The lowest BCUT2D eigenvalue weighted by Gasteiger charge is -2.13. The van der Waals surface area contributed by atoms with Gasteiger partial charge in [-0.1, -0.05) is 15.9 Å². The summed E-state index contributed by atoms with van der Waals surface area (Å²) in [6.45, 7) is 3.64. The number of benzene rings is 1. The fourth-order valence-corrected chi connectivity index (χ4v) is 3.05. The second kappa shape index (κ2) is 13.7. The standard InChI is InChI=1S/C18H27BrFN3O2.HI/c1-21-18(22-8-3-10-24-13-16-4-2-11-25-16)23-9-7-14-12-15(19)5-6-17(14)20;/h5-6,12,16H,2-4,7-11,13H2,1H3,(H2,21,22,23);1H. The zero-order valence-electron chi connectivity index (χ0n) is 15.1. The van der Waals surface area contributed by atoms with Gasteiger partial charge in [0, 0.05) is 37.8 Å². The van der Waals surface area contributed by atoms with Crippen molar-refractivity contribution in [2.75, 3.05) is 40.0 Å². The van der Waals surface area contributed by atoms with Crippen LogP contribution >= 0.6 is 39.9 Å². The molecule has 0 aromatic heterocycles. The second-order valence-electron chi connectivity index (χ2n) is 5.97. The molecule has 1 atom stereocenters. The first-order chi connectivity index (χ1) is 12.2. The van der Waals surface area contributed by atoms with E-state index in [1.807, 2.05) is 0 Å². The quantitative estimate of drug-likeness (QED) is 0.217. The molecule has 1 aromatic carbocycles. The summed E-state index contributed by atoms with van der Waals surface area (Å²) in [5, 5.41) is 6.43. The molecule has 5 nitrogen and oxygen atoms in total. The van der Waals surface area contributed by atoms with Gasteiger partial charge in [-0.05, 0) is 49.4 Å². The molecule has 0 bridgehead atoms. The second-order valence-corrected chi connectivity index (χ2v) is 6.89. The van der Waals surface area contributed by atoms with Crippen LogP contribution in [-0.4, -0.2) is 52.0 Å². The van der Waals surface area contributed by atoms with E-state index in [2.05, 4.69) is 31.6 Å². The molecule has 0 spiro atoms. The Kier molecular flexibility index (Phi) is 12.4. The van der Waals surface area contributed by atoms with Gasteiger partial charge in [0.15, 0.2) is 5.96 Å². The first-order valence-corrected chi connectivity index (χ1v) is 9.56. The highest BCUT2D eigenvalue weighted by atomic mass is 127. The van der Waals surface area contributed by atoms with Crippen LogP contribution < -0.4 is 10.6 Å². The molecule has 1 heterocycles. The van der Waals surface area contributed by atoms with Crippen molar-refractivity contribution in [3.8, 4) is 0 Å². The van der Waals surface area contributed by atoms with Crippen molar-refractivity contribution in [2.24, 2.45) is 4.99 Å². The highest BCUT2D eigenvalue weighted by molar-refractivity contribution is 14.0. The molecule has 1 aliphatic rings. The SMILES string of the molecule is CN=C(NCCCOCC1CCCO1)NCCc1cc(Br)ccc1F.I. The Morgan fingerprint density at radius 3 is 2.92 bits per heavy atom. The molecular weight excluding hydrogens is 516 g/mol. The molecule has 1 aromatic rings. The first kappa shape index (κ1) is 23.6. The number of halogens is 3. The minimum atomic E-state index is -0.184. The average molecular weight is 544 g/mol. The normalized spacial score (nSPS) is 17.0. The molecule has 2 rings (SSSR count). The van der Waals surface area contributed by atoms with Crippen LogP contribution in [0.5, 0.6) is 0 Å². The zero-order chi connectivity index (χ0) is 17.9. The van der Waals surface area contributed by atoms with E-state index < -0.39 is 0 Å². The minimum absolute atomic E-state index is 0. The van der Waals surface area contributed by atoms with E-state index >= 15 is 0 Å². The maximum Gasteiger partial charge on any atom is 0.190 e. The topological polar surface area (TPSA) is 54.9 Å². The maximum atomic E-state index is 13.7. The van der Waals surface area contributed by atoms with Gasteiger partial charge in [0.05, 0.1) is 12.7 Å². The highest BCUT2D eigenvalue weighted by Gasteiger charge is 2.14. The number of rotatable bonds is 9. The molecule has 1 unspecified atom stereocenters. The first-order valence-electron chi connectivity index (χ1n) is 8.77. The molecule has 1 aliphatic heterocycles. The van der Waals surface area contributed by atoms with Crippen molar-refractivity contribution in [1.29, 1.82) is 0 Å². The fourth-order valence-electron chi connectivity index (χ4n) is 2.64. The lowest BCUT2D eigenvalue weighted by atomic mass is 10.1. The third-order valence-corrected chi connectivity index (χ3v) is 4.50. The molecule has 8 heteroatoms. The van der Waals surface area contributed by atoms with Crippen molar-refractivity contribution < 1.29 is 13.9 Å². The molecule has 1 fully saturated rings. The monoisotopic (exact) mass is 543 g/mol. The van der Waals surface area contributed by atoms with Gasteiger partial charge in [-0.25, -0.2) is 4.39 Å². The summed E-state index contributed by atoms with van der Waals surface area (Å²) in [4.78, 5) is 4.17. The van der Waals surface area contributed by atoms with Crippen LogP contribution in [0.1, 0.15) is 24.8 Å². The number of nitrogens with one attached hydrogen (secondary N) is 2. The number of aliphatic imine (C=N–C) groups is 1. The van der Waals surface area contributed by atoms with Crippen molar-refractivity contribution in [2.45, 2.75) is 31.8 Å². The zero-order valence-corrected chi connectivity index (χ0v) is 19.0. The van der Waals surface area contributed by atoms with Crippen LogP contribution in [0, 0.1) is 5.82 Å². The van der Waals surface area contributed by atoms with E-state index in [9.17, 15) is 4.39 Å². The molecule has 0 radical (unpaired) electrons. The summed E-state index contributed by atoms with van der Waals surface area (Å²) in [5.41, 5.74) is 0.680. The van der Waals surface area contributed by atoms with E-state index in [0.29, 0.717) is 31.7 Å². The summed E-state index contributed by atoms with van der Waals surface area (Å²) in [6.07, 6.45) is 4.01. The largest absolute Gasteiger partial charge is 0.379 e.